The molecule has 9 heteroatoms. The van der Waals surface area contributed by atoms with E-state index >= 15 is 0 Å². The first-order valence-corrected chi connectivity index (χ1v) is 8.17. The minimum atomic E-state index is -1.26. The van der Waals surface area contributed by atoms with Crippen molar-refractivity contribution in [3.63, 3.8) is 0 Å². The minimum Gasteiger partial charge on any atom is -0.497 e. The Labute approximate surface area is 160 Å². The van der Waals surface area contributed by atoms with Crippen LogP contribution in [0.2, 0.25) is 0 Å². The highest BCUT2D eigenvalue weighted by molar-refractivity contribution is 6.08. The van der Waals surface area contributed by atoms with Gasteiger partial charge in [0.25, 0.3) is 11.8 Å². The molecule has 28 heavy (non-hydrogen) atoms. The van der Waals surface area contributed by atoms with Gasteiger partial charge in [-0.25, -0.2) is 9.59 Å². The van der Waals surface area contributed by atoms with Gasteiger partial charge in [-0.2, -0.15) is 0 Å². The van der Waals surface area contributed by atoms with E-state index in [9.17, 15) is 19.2 Å². The molecule has 1 atom stereocenters. The van der Waals surface area contributed by atoms with Crippen molar-refractivity contribution >= 4 is 29.5 Å². The molecule has 2 aromatic carbocycles. The average Bonchev–Trinajstić information content (AvgIpc) is 2.67. The van der Waals surface area contributed by atoms with Crippen molar-refractivity contribution < 1.29 is 28.7 Å². The number of esters is 1. The molecule has 0 aliphatic carbocycles. The molecule has 0 saturated carbocycles. The molecule has 0 heterocycles. The fourth-order valence-corrected chi connectivity index (χ4v) is 2.21. The largest absolute Gasteiger partial charge is 0.497 e. The number of rotatable bonds is 6. The first-order valence-electron chi connectivity index (χ1n) is 8.17. The van der Waals surface area contributed by atoms with Crippen molar-refractivity contribution in [1.82, 2.24) is 5.32 Å². The molecule has 0 aromatic heterocycles. The molecule has 0 fully saturated rings. The van der Waals surface area contributed by atoms with E-state index in [0.29, 0.717) is 11.3 Å². The number of carbonyl (C=O) groups excluding carboxylic acids is 4. The first kappa shape index (κ1) is 20.4. The average molecular weight is 385 g/mol. The molecule has 146 valence electrons. The Bertz CT molecular complexity index is 895. The predicted molar refractivity (Wildman–Crippen MR) is 100.0 cm³/mol. The van der Waals surface area contributed by atoms with E-state index in [4.69, 9.17) is 15.2 Å². The smallest absolute Gasteiger partial charge is 0.341 e. The van der Waals surface area contributed by atoms with E-state index in [0.717, 1.165) is 0 Å². The summed E-state index contributed by atoms with van der Waals surface area (Å²) >= 11 is 0. The molecule has 0 unspecified atom stereocenters. The number of methoxy groups -OCH3 is 1. The second kappa shape index (κ2) is 9.17. The number of hydrogen-bond acceptors (Lipinski definition) is 6. The highest BCUT2D eigenvalue weighted by Gasteiger charge is 2.22. The molecule has 0 saturated heterocycles. The van der Waals surface area contributed by atoms with E-state index in [1.165, 1.54) is 26.2 Å². The van der Waals surface area contributed by atoms with Crippen LogP contribution >= 0.6 is 0 Å². The maximum absolute atomic E-state index is 12.4. The number of ether oxygens (including phenoxy) is 2. The topological polar surface area (TPSA) is 137 Å². The Morgan fingerprint density at radius 2 is 1.64 bits per heavy atom. The zero-order valence-electron chi connectivity index (χ0n) is 15.2. The third kappa shape index (κ3) is 5.31. The van der Waals surface area contributed by atoms with E-state index in [2.05, 4.69) is 5.32 Å². The first-order chi connectivity index (χ1) is 13.3. The van der Waals surface area contributed by atoms with Crippen LogP contribution in [0.5, 0.6) is 5.75 Å². The third-order valence-corrected chi connectivity index (χ3v) is 3.65. The van der Waals surface area contributed by atoms with Crippen LogP contribution in [0.1, 0.15) is 27.6 Å². The lowest BCUT2D eigenvalue weighted by Gasteiger charge is -2.14. The summed E-state index contributed by atoms with van der Waals surface area (Å²) in [6, 6.07) is 11.5. The van der Waals surface area contributed by atoms with Crippen LogP contribution in [-0.2, 0) is 9.53 Å². The normalized spacial score (nSPS) is 11.1. The lowest BCUT2D eigenvalue weighted by atomic mass is 10.1. The molecule has 2 aromatic rings. The standard InChI is InChI=1S/C19H19N3O6/c1-11(16(23)22-19(20)26)28-18(25)14-5-3-4-6-15(14)21-17(24)12-7-9-13(27-2)10-8-12/h3-11H,1-2H3,(H,21,24)(H3,20,22,23,26)/t11-/m0/s1. The van der Waals surface area contributed by atoms with E-state index < -0.39 is 29.9 Å². The van der Waals surface area contributed by atoms with Gasteiger partial charge in [-0.3, -0.25) is 14.9 Å². The second-order valence-corrected chi connectivity index (χ2v) is 5.63. The van der Waals surface area contributed by atoms with Gasteiger partial charge < -0.3 is 20.5 Å². The van der Waals surface area contributed by atoms with E-state index in [-0.39, 0.29) is 11.3 Å². The van der Waals surface area contributed by atoms with Crippen LogP contribution in [0.15, 0.2) is 48.5 Å². The molecule has 0 aliphatic rings. The van der Waals surface area contributed by atoms with Crippen LogP contribution in [-0.4, -0.2) is 37.0 Å². The quantitative estimate of drug-likeness (QED) is 0.647. The van der Waals surface area contributed by atoms with Crippen molar-refractivity contribution in [3.05, 3.63) is 59.7 Å². The van der Waals surface area contributed by atoms with Crippen molar-refractivity contribution in [3.8, 4) is 5.75 Å². The molecule has 4 N–H and O–H groups in total. The Balaban J connectivity index is 2.13. The van der Waals surface area contributed by atoms with Gasteiger partial charge in [-0.1, -0.05) is 12.1 Å². The molecule has 0 spiro atoms. The summed E-state index contributed by atoms with van der Waals surface area (Å²) in [5, 5.41) is 4.44. The Morgan fingerprint density at radius 1 is 1.00 bits per heavy atom. The Kier molecular flexibility index (Phi) is 6.69. The number of anilines is 1. The summed E-state index contributed by atoms with van der Waals surface area (Å²) in [5.41, 5.74) is 5.47. The monoisotopic (exact) mass is 385 g/mol. The fraction of sp³-hybridized carbons (Fsp3) is 0.158. The molecule has 4 amide bonds. The summed E-state index contributed by atoms with van der Waals surface area (Å²) < 4.78 is 10.1. The molecular weight excluding hydrogens is 366 g/mol. The Morgan fingerprint density at radius 3 is 2.25 bits per heavy atom. The molecule has 0 radical (unpaired) electrons. The molecule has 0 bridgehead atoms. The predicted octanol–water partition coefficient (Wildman–Crippen LogP) is 1.69. The minimum absolute atomic E-state index is 0.0445. The van der Waals surface area contributed by atoms with Gasteiger partial charge in [-0.05, 0) is 43.3 Å². The van der Waals surface area contributed by atoms with Crippen molar-refractivity contribution in [2.75, 3.05) is 12.4 Å². The number of primary amides is 1. The number of para-hydroxylation sites is 1. The molecular formula is C19H19N3O6. The second-order valence-electron chi connectivity index (χ2n) is 5.63. The molecule has 0 aliphatic heterocycles. The van der Waals surface area contributed by atoms with E-state index in [1.807, 2.05) is 5.32 Å². The van der Waals surface area contributed by atoms with Crippen molar-refractivity contribution in [1.29, 1.82) is 0 Å². The van der Waals surface area contributed by atoms with Crippen molar-refractivity contribution in [2.24, 2.45) is 5.73 Å². The van der Waals surface area contributed by atoms with Gasteiger partial charge in [0.1, 0.15) is 5.75 Å². The summed E-state index contributed by atoms with van der Waals surface area (Å²) in [5.74, 6) is -1.55. The van der Waals surface area contributed by atoms with Gasteiger partial charge in [-0.15, -0.1) is 0 Å². The molecule has 9 nitrogen and oxygen atoms in total. The fourth-order valence-electron chi connectivity index (χ4n) is 2.21. The van der Waals surface area contributed by atoms with Crippen LogP contribution in [0, 0.1) is 0 Å². The number of imide groups is 1. The maximum Gasteiger partial charge on any atom is 0.341 e. The van der Waals surface area contributed by atoms with E-state index in [1.54, 1.807) is 36.4 Å². The van der Waals surface area contributed by atoms with Crippen LogP contribution < -0.4 is 21.1 Å². The van der Waals surface area contributed by atoms with Crippen LogP contribution in [0.3, 0.4) is 0 Å². The SMILES string of the molecule is COc1ccc(C(=O)Nc2ccccc2C(=O)O[C@@H](C)C(=O)NC(N)=O)cc1. The number of urea groups is 1. The Hall–Kier alpha value is -3.88. The third-order valence-electron chi connectivity index (χ3n) is 3.65. The summed E-state index contributed by atoms with van der Waals surface area (Å²) in [4.78, 5) is 47.2. The van der Waals surface area contributed by atoms with Gasteiger partial charge in [0, 0.05) is 5.56 Å². The van der Waals surface area contributed by atoms with Gasteiger partial charge in [0.15, 0.2) is 6.10 Å². The summed E-state index contributed by atoms with van der Waals surface area (Å²) in [6.45, 7) is 1.29. The lowest BCUT2D eigenvalue weighted by molar-refractivity contribution is -0.127. The number of nitrogens with two attached hydrogens (primary N) is 1. The van der Waals surface area contributed by atoms with Crippen molar-refractivity contribution in [2.45, 2.75) is 13.0 Å². The van der Waals surface area contributed by atoms with Crippen LogP contribution in [0.4, 0.5) is 10.5 Å². The zero-order chi connectivity index (χ0) is 20.7. The number of amides is 4. The molecule has 2 rings (SSSR count). The van der Waals surface area contributed by atoms with Gasteiger partial charge in [0.2, 0.25) is 0 Å². The number of benzene rings is 2. The number of nitrogens with one attached hydrogen (secondary N) is 2. The highest BCUT2D eigenvalue weighted by Crippen LogP contribution is 2.19. The lowest BCUT2D eigenvalue weighted by Crippen LogP contribution is -2.42. The maximum atomic E-state index is 12.4. The number of carbonyl (C=O) groups is 4. The zero-order valence-corrected chi connectivity index (χ0v) is 15.2. The van der Waals surface area contributed by atoms with Crippen LogP contribution in [0.25, 0.3) is 0 Å². The van der Waals surface area contributed by atoms with Gasteiger partial charge >= 0.3 is 12.0 Å². The summed E-state index contributed by atoms with van der Waals surface area (Å²) in [7, 11) is 1.52. The summed E-state index contributed by atoms with van der Waals surface area (Å²) in [6.07, 6.45) is -1.26. The number of hydrogen-bond donors (Lipinski definition) is 3. The van der Waals surface area contributed by atoms with Gasteiger partial charge in [0.05, 0.1) is 18.4 Å². The highest BCUT2D eigenvalue weighted by atomic mass is 16.5.